The molecular formula is C4H7FO5S. The average Bonchev–Trinajstić information content (AvgIpc) is 1.83. The maximum atomic E-state index is 11.6. The Morgan fingerprint density at radius 1 is 1.45 bits per heavy atom. The number of carbonyl (C=O) groups is 1. The molecule has 66 valence electrons. The molecule has 7 heteroatoms. The summed E-state index contributed by atoms with van der Waals surface area (Å²) in [7, 11) is -4.76. The first-order valence-electron chi connectivity index (χ1n) is 2.67. The summed E-state index contributed by atoms with van der Waals surface area (Å²) in [6.45, 7) is 1.55. The van der Waals surface area contributed by atoms with Crippen LogP contribution in [0.3, 0.4) is 0 Å². The van der Waals surface area contributed by atoms with E-state index < -0.39 is 22.3 Å². The molecule has 0 radical (unpaired) electrons. The Balaban J connectivity index is 3.64. The van der Waals surface area contributed by atoms with E-state index in [0.717, 1.165) is 0 Å². The number of halogens is 1. The minimum Gasteiger partial charge on any atom is -0.435 e. The van der Waals surface area contributed by atoms with Crippen LogP contribution in [0.1, 0.15) is 6.92 Å². The zero-order valence-electron chi connectivity index (χ0n) is 5.74. The SMILES string of the molecule is CCOC(=O)OCS(=O)(=O)F. The topological polar surface area (TPSA) is 69.7 Å². The average molecular weight is 186 g/mol. The molecule has 0 atom stereocenters. The minimum atomic E-state index is -4.76. The van der Waals surface area contributed by atoms with E-state index in [1.54, 1.807) is 0 Å². The molecule has 0 N–H and O–H groups in total. The first-order valence-corrected chi connectivity index (χ1v) is 4.23. The van der Waals surface area contributed by atoms with Crippen molar-refractivity contribution in [2.24, 2.45) is 0 Å². The van der Waals surface area contributed by atoms with Gasteiger partial charge in [-0.3, -0.25) is 0 Å². The first-order chi connectivity index (χ1) is 4.95. The highest BCUT2D eigenvalue weighted by Crippen LogP contribution is 1.93. The number of ether oxygens (including phenoxy) is 2. The second-order valence-corrected chi connectivity index (χ2v) is 2.80. The largest absolute Gasteiger partial charge is 0.509 e. The lowest BCUT2D eigenvalue weighted by Gasteiger charge is -1.99. The van der Waals surface area contributed by atoms with Crippen molar-refractivity contribution in [2.45, 2.75) is 6.92 Å². The lowest BCUT2D eigenvalue weighted by atomic mass is 10.9. The molecule has 11 heavy (non-hydrogen) atoms. The Hall–Kier alpha value is -0.850. The molecule has 0 unspecified atom stereocenters. The molecule has 0 saturated carbocycles. The van der Waals surface area contributed by atoms with Crippen LogP contribution in [0.15, 0.2) is 0 Å². The Morgan fingerprint density at radius 2 is 2.00 bits per heavy atom. The summed E-state index contributed by atoms with van der Waals surface area (Å²) < 4.78 is 39.1. The van der Waals surface area contributed by atoms with Crippen molar-refractivity contribution in [1.29, 1.82) is 0 Å². The maximum absolute atomic E-state index is 11.6. The summed E-state index contributed by atoms with van der Waals surface area (Å²) in [6.07, 6.45) is -1.20. The highest BCUT2D eigenvalue weighted by atomic mass is 32.3. The van der Waals surface area contributed by atoms with Crippen molar-refractivity contribution in [1.82, 2.24) is 0 Å². The van der Waals surface area contributed by atoms with Gasteiger partial charge >= 0.3 is 16.4 Å². The van der Waals surface area contributed by atoms with Gasteiger partial charge in [-0.2, -0.15) is 8.42 Å². The number of hydrogen-bond acceptors (Lipinski definition) is 5. The van der Waals surface area contributed by atoms with Gasteiger partial charge in [0.15, 0.2) is 0 Å². The molecule has 0 rings (SSSR count). The van der Waals surface area contributed by atoms with Gasteiger partial charge in [-0.15, -0.1) is 3.89 Å². The normalized spacial score (nSPS) is 10.7. The fourth-order valence-electron chi connectivity index (χ4n) is 0.278. The zero-order chi connectivity index (χ0) is 8.91. The van der Waals surface area contributed by atoms with E-state index in [1.165, 1.54) is 6.92 Å². The van der Waals surface area contributed by atoms with Gasteiger partial charge in [0, 0.05) is 0 Å². The van der Waals surface area contributed by atoms with Crippen molar-refractivity contribution >= 4 is 16.4 Å². The van der Waals surface area contributed by atoms with E-state index in [4.69, 9.17) is 0 Å². The van der Waals surface area contributed by atoms with Gasteiger partial charge in [0.2, 0.25) is 5.94 Å². The Bertz CT molecular complexity index is 221. The molecule has 5 nitrogen and oxygen atoms in total. The Labute approximate surface area is 63.3 Å². The third-order valence-electron chi connectivity index (χ3n) is 0.580. The predicted octanol–water partition coefficient (Wildman–Crippen LogP) is 0.416. The van der Waals surface area contributed by atoms with Gasteiger partial charge in [0.05, 0.1) is 6.61 Å². The van der Waals surface area contributed by atoms with Crippen LogP contribution < -0.4 is 0 Å². The van der Waals surface area contributed by atoms with Crippen LogP contribution in [0.25, 0.3) is 0 Å². The van der Waals surface area contributed by atoms with Crippen molar-refractivity contribution < 1.29 is 26.6 Å². The minimum absolute atomic E-state index is 0.0468. The first kappa shape index (κ1) is 10.2. The van der Waals surface area contributed by atoms with E-state index in [0.29, 0.717) is 0 Å². The Kier molecular flexibility index (Phi) is 3.80. The fourth-order valence-corrected chi connectivity index (χ4v) is 0.515. The maximum Gasteiger partial charge on any atom is 0.509 e. The summed E-state index contributed by atoms with van der Waals surface area (Å²) in [6, 6.07) is 0. The third-order valence-corrected chi connectivity index (χ3v) is 0.979. The summed E-state index contributed by atoms with van der Waals surface area (Å²) >= 11 is 0. The summed E-state index contributed by atoms with van der Waals surface area (Å²) in [5.41, 5.74) is 0. The van der Waals surface area contributed by atoms with E-state index in [-0.39, 0.29) is 6.61 Å². The smallest absolute Gasteiger partial charge is 0.435 e. The number of hydrogen-bond donors (Lipinski definition) is 0. The van der Waals surface area contributed by atoms with Gasteiger partial charge in [0.1, 0.15) is 0 Å². The molecule has 0 aliphatic rings. The van der Waals surface area contributed by atoms with Gasteiger partial charge in [-0.25, -0.2) is 4.79 Å². The zero-order valence-corrected chi connectivity index (χ0v) is 6.56. The van der Waals surface area contributed by atoms with Gasteiger partial charge < -0.3 is 9.47 Å². The second-order valence-electron chi connectivity index (χ2n) is 1.48. The van der Waals surface area contributed by atoms with E-state index in [2.05, 4.69) is 9.47 Å². The van der Waals surface area contributed by atoms with Crippen molar-refractivity contribution in [3.63, 3.8) is 0 Å². The highest BCUT2D eigenvalue weighted by Gasteiger charge is 2.11. The van der Waals surface area contributed by atoms with Gasteiger partial charge in [-0.05, 0) is 6.92 Å². The van der Waals surface area contributed by atoms with Crippen molar-refractivity contribution in [3.05, 3.63) is 0 Å². The van der Waals surface area contributed by atoms with Crippen LogP contribution in [0.4, 0.5) is 8.68 Å². The summed E-state index contributed by atoms with van der Waals surface area (Å²) in [4.78, 5) is 10.2. The highest BCUT2D eigenvalue weighted by molar-refractivity contribution is 7.86. The molecule has 0 aromatic heterocycles. The quantitative estimate of drug-likeness (QED) is 0.471. The van der Waals surface area contributed by atoms with Gasteiger partial charge in [-0.1, -0.05) is 0 Å². The van der Waals surface area contributed by atoms with E-state index >= 15 is 0 Å². The standard InChI is InChI=1S/C4H7FO5S/c1-2-9-4(6)10-3-11(5,7)8/h2-3H2,1H3. The molecule has 0 aliphatic carbocycles. The fraction of sp³-hybridized carbons (Fsp3) is 0.750. The lowest BCUT2D eigenvalue weighted by molar-refractivity contribution is 0.0707. The van der Waals surface area contributed by atoms with Crippen molar-refractivity contribution in [2.75, 3.05) is 12.5 Å². The number of carbonyl (C=O) groups excluding carboxylic acids is 1. The van der Waals surface area contributed by atoms with Crippen LogP contribution in [-0.2, 0) is 19.7 Å². The van der Waals surface area contributed by atoms with Gasteiger partial charge in [0.25, 0.3) is 0 Å². The molecule has 0 heterocycles. The second kappa shape index (κ2) is 4.12. The third kappa shape index (κ3) is 7.04. The lowest BCUT2D eigenvalue weighted by Crippen LogP contribution is -2.11. The summed E-state index contributed by atoms with van der Waals surface area (Å²) in [5.74, 6) is -1.30. The molecule has 0 fully saturated rings. The predicted molar refractivity (Wildman–Crippen MR) is 33.0 cm³/mol. The molecule has 0 aliphatic heterocycles. The molecule has 0 bridgehead atoms. The molecular weight excluding hydrogens is 179 g/mol. The van der Waals surface area contributed by atoms with E-state index in [9.17, 15) is 17.1 Å². The molecule has 0 spiro atoms. The molecule has 0 aromatic carbocycles. The molecule has 0 amide bonds. The molecule has 0 aromatic rings. The van der Waals surface area contributed by atoms with Crippen LogP contribution in [0.5, 0.6) is 0 Å². The van der Waals surface area contributed by atoms with Crippen LogP contribution in [0.2, 0.25) is 0 Å². The van der Waals surface area contributed by atoms with Crippen LogP contribution in [0, 0.1) is 0 Å². The van der Waals surface area contributed by atoms with Crippen LogP contribution in [-0.4, -0.2) is 27.1 Å². The monoisotopic (exact) mass is 186 g/mol. The number of rotatable bonds is 3. The van der Waals surface area contributed by atoms with Crippen molar-refractivity contribution in [3.8, 4) is 0 Å². The summed E-state index contributed by atoms with van der Waals surface area (Å²) in [5, 5.41) is 0. The molecule has 0 saturated heterocycles. The Morgan fingerprint density at radius 3 is 2.36 bits per heavy atom. The van der Waals surface area contributed by atoms with Crippen LogP contribution >= 0.6 is 0 Å². The van der Waals surface area contributed by atoms with E-state index in [1.807, 2.05) is 0 Å².